The molecule has 1 aliphatic rings. The lowest BCUT2D eigenvalue weighted by Crippen LogP contribution is -2.16. The van der Waals surface area contributed by atoms with Crippen LogP contribution in [0.15, 0.2) is 54.6 Å². The highest BCUT2D eigenvalue weighted by Crippen LogP contribution is 2.24. The van der Waals surface area contributed by atoms with Crippen LogP contribution in [0.25, 0.3) is 10.8 Å². The summed E-state index contributed by atoms with van der Waals surface area (Å²) in [5.74, 6) is -0.144. The molecule has 0 unspecified atom stereocenters. The first-order valence-corrected chi connectivity index (χ1v) is 8.09. The highest BCUT2D eigenvalue weighted by molar-refractivity contribution is 6.08. The van der Waals surface area contributed by atoms with Gasteiger partial charge in [-0.3, -0.25) is 4.79 Å². The number of fused-ring (bicyclic) bond motifs is 2. The second kappa shape index (κ2) is 5.84. The Hall–Kier alpha value is -2.68. The van der Waals surface area contributed by atoms with Gasteiger partial charge in [0.05, 0.1) is 0 Å². The number of hydrogen-bond donors (Lipinski definition) is 1. The molecule has 0 atom stereocenters. The SMILES string of the molecule is O=C(Nc1cccc2ccccc12)c1ccc2c(n1)CCCC2. The normalized spacial score (nSPS) is 13.6. The highest BCUT2D eigenvalue weighted by Gasteiger charge is 2.15. The fourth-order valence-electron chi connectivity index (χ4n) is 3.23. The van der Waals surface area contributed by atoms with Gasteiger partial charge >= 0.3 is 0 Å². The molecule has 0 radical (unpaired) electrons. The van der Waals surface area contributed by atoms with Crippen molar-refractivity contribution in [2.24, 2.45) is 0 Å². The second-order valence-corrected chi connectivity index (χ2v) is 5.99. The third-order valence-corrected chi connectivity index (χ3v) is 4.45. The molecule has 3 nitrogen and oxygen atoms in total. The predicted octanol–water partition coefficient (Wildman–Crippen LogP) is 4.37. The number of aryl methyl sites for hydroxylation is 2. The van der Waals surface area contributed by atoms with Crippen molar-refractivity contribution in [2.45, 2.75) is 25.7 Å². The van der Waals surface area contributed by atoms with Crippen molar-refractivity contribution in [1.82, 2.24) is 4.98 Å². The quantitative estimate of drug-likeness (QED) is 0.764. The van der Waals surface area contributed by atoms with E-state index in [9.17, 15) is 4.79 Å². The zero-order chi connectivity index (χ0) is 15.6. The lowest BCUT2D eigenvalue weighted by Gasteiger charge is -2.15. The van der Waals surface area contributed by atoms with Crippen LogP contribution in [0.1, 0.15) is 34.6 Å². The number of rotatable bonds is 2. The van der Waals surface area contributed by atoms with Gasteiger partial charge in [-0.15, -0.1) is 0 Å². The zero-order valence-corrected chi connectivity index (χ0v) is 12.9. The van der Waals surface area contributed by atoms with E-state index in [1.165, 1.54) is 12.0 Å². The maximum absolute atomic E-state index is 12.6. The summed E-state index contributed by atoms with van der Waals surface area (Å²) in [6.45, 7) is 0. The molecule has 0 bridgehead atoms. The summed E-state index contributed by atoms with van der Waals surface area (Å²) in [6.07, 6.45) is 4.43. The molecule has 1 amide bonds. The molecule has 114 valence electrons. The Morgan fingerprint density at radius 2 is 1.74 bits per heavy atom. The van der Waals surface area contributed by atoms with E-state index in [-0.39, 0.29) is 5.91 Å². The Balaban J connectivity index is 1.64. The van der Waals surface area contributed by atoms with E-state index in [4.69, 9.17) is 0 Å². The number of nitrogens with zero attached hydrogens (tertiary/aromatic N) is 1. The first kappa shape index (κ1) is 13.9. The molecular weight excluding hydrogens is 284 g/mol. The zero-order valence-electron chi connectivity index (χ0n) is 12.9. The van der Waals surface area contributed by atoms with Gasteiger partial charge in [0.25, 0.3) is 5.91 Å². The molecule has 23 heavy (non-hydrogen) atoms. The molecule has 0 spiro atoms. The third kappa shape index (κ3) is 2.70. The molecule has 1 N–H and O–H groups in total. The predicted molar refractivity (Wildman–Crippen MR) is 92.8 cm³/mol. The molecule has 0 saturated carbocycles. The summed E-state index contributed by atoms with van der Waals surface area (Å²) < 4.78 is 0. The molecular formula is C20H18N2O. The molecule has 4 rings (SSSR count). The number of carbonyl (C=O) groups excluding carboxylic acids is 1. The van der Waals surface area contributed by atoms with Crippen molar-refractivity contribution in [1.29, 1.82) is 0 Å². The number of hydrogen-bond acceptors (Lipinski definition) is 2. The maximum Gasteiger partial charge on any atom is 0.274 e. The number of pyridine rings is 1. The number of amides is 1. The lowest BCUT2D eigenvalue weighted by atomic mass is 9.96. The van der Waals surface area contributed by atoms with Crippen molar-refractivity contribution >= 4 is 22.4 Å². The Labute approximate surface area is 135 Å². The largest absolute Gasteiger partial charge is 0.320 e. The van der Waals surface area contributed by atoms with Crippen LogP contribution >= 0.6 is 0 Å². The summed E-state index contributed by atoms with van der Waals surface area (Å²) in [5.41, 5.74) is 3.70. The first-order valence-electron chi connectivity index (χ1n) is 8.09. The van der Waals surface area contributed by atoms with Crippen molar-refractivity contribution < 1.29 is 4.79 Å². The van der Waals surface area contributed by atoms with Gasteiger partial charge in [0.2, 0.25) is 0 Å². The van der Waals surface area contributed by atoms with Crippen molar-refractivity contribution in [3.63, 3.8) is 0 Å². The van der Waals surface area contributed by atoms with E-state index in [1.807, 2.05) is 48.5 Å². The molecule has 0 aliphatic heterocycles. The van der Waals surface area contributed by atoms with Crippen LogP contribution < -0.4 is 5.32 Å². The van der Waals surface area contributed by atoms with Gasteiger partial charge in [0.1, 0.15) is 5.69 Å². The number of aromatic nitrogens is 1. The van der Waals surface area contributed by atoms with E-state index in [2.05, 4.69) is 16.4 Å². The summed E-state index contributed by atoms with van der Waals surface area (Å²) in [7, 11) is 0. The summed E-state index contributed by atoms with van der Waals surface area (Å²) in [4.78, 5) is 17.1. The average Bonchev–Trinajstić information content (AvgIpc) is 2.61. The Bertz CT molecular complexity index is 880. The van der Waals surface area contributed by atoms with Gasteiger partial charge in [0, 0.05) is 16.8 Å². The Morgan fingerprint density at radius 1 is 0.913 bits per heavy atom. The van der Waals surface area contributed by atoms with Crippen LogP contribution in [-0.2, 0) is 12.8 Å². The molecule has 1 aromatic heterocycles. The van der Waals surface area contributed by atoms with Gasteiger partial charge in [-0.2, -0.15) is 0 Å². The Kier molecular flexibility index (Phi) is 3.54. The van der Waals surface area contributed by atoms with Crippen molar-refractivity contribution in [3.8, 4) is 0 Å². The van der Waals surface area contributed by atoms with Gasteiger partial charge in [-0.25, -0.2) is 4.98 Å². The van der Waals surface area contributed by atoms with Gasteiger partial charge < -0.3 is 5.32 Å². The number of carbonyl (C=O) groups is 1. The minimum atomic E-state index is -0.144. The van der Waals surface area contributed by atoms with Gasteiger partial charge in [-0.05, 0) is 48.8 Å². The molecule has 3 heteroatoms. The van der Waals surface area contributed by atoms with Gasteiger partial charge in [-0.1, -0.05) is 42.5 Å². The summed E-state index contributed by atoms with van der Waals surface area (Å²) in [6, 6.07) is 17.9. The minimum Gasteiger partial charge on any atom is -0.320 e. The number of benzene rings is 2. The first-order chi connectivity index (χ1) is 11.3. The van der Waals surface area contributed by atoms with E-state index >= 15 is 0 Å². The molecule has 1 heterocycles. The van der Waals surface area contributed by atoms with Crippen LogP contribution in [-0.4, -0.2) is 10.9 Å². The monoisotopic (exact) mass is 302 g/mol. The van der Waals surface area contributed by atoms with Crippen LogP contribution in [0.3, 0.4) is 0 Å². The van der Waals surface area contributed by atoms with Crippen molar-refractivity contribution in [3.05, 3.63) is 71.5 Å². The van der Waals surface area contributed by atoms with E-state index < -0.39 is 0 Å². The second-order valence-electron chi connectivity index (χ2n) is 5.99. The third-order valence-electron chi connectivity index (χ3n) is 4.45. The fraction of sp³-hybridized carbons (Fsp3) is 0.200. The highest BCUT2D eigenvalue weighted by atomic mass is 16.1. The number of nitrogens with one attached hydrogen (secondary N) is 1. The van der Waals surface area contributed by atoms with Gasteiger partial charge in [0.15, 0.2) is 0 Å². The number of anilines is 1. The summed E-state index contributed by atoms with van der Waals surface area (Å²) in [5, 5.41) is 5.16. The van der Waals surface area contributed by atoms with Crippen LogP contribution in [0.5, 0.6) is 0 Å². The molecule has 0 saturated heterocycles. The lowest BCUT2D eigenvalue weighted by molar-refractivity contribution is 0.102. The minimum absolute atomic E-state index is 0.144. The smallest absolute Gasteiger partial charge is 0.274 e. The summed E-state index contributed by atoms with van der Waals surface area (Å²) >= 11 is 0. The Morgan fingerprint density at radius 3 is 2.70 bits per heavy atom. The van der Waals surface area contributed by atoms with Crippen molar-refractivity contribution in [2.75, 3.05) is 5.32 Å². The maximum atomic E-state index is 12.6. The van der Waals surface area contributed by atoms with E-state index in [0.29, 0.717) is 5.69 Å². The van der Waals surface area contributed by atoms with E-state index in [0.717, 1.165) is 41.4 Å². The standard InChI is InChI=1S/C20H18N2O/c23-20(19-13-12-15-7-2-4-10-17(15)21-19)22-18-11-5-8-14-6-1-3-9-16(14)18/h1,3,5-6,8-9,11-13H,2,4,7,10H2,(H,22,23). The molecule has 0 fully saturated rings. The molecule has 2 aromatic carbocycles. The average molecular weight is 302 g/mol. The molecule has 1 aliphatic carbocycles. The van der Waals surface area contributed by atoms with Crippen LogP contribution in [0.2, 0.25) is 0 Å². The van der Waals surface area contributed by atoms with Crippen LogP contribution in [0, 0.1) is 0 Å². The fourth-order valence-corrected chi connectivity index (χ4v) is 3.23. The van der Waals surface area contributed by atoms with Crippen LogP contribution in [0.4, 0.5) is 5.69 Å². The topological polar surface area (TPSA) is 42.0 Å². The van der Waals surface area contributed by atoms with E-state index in [1.54, 1.807) is 0 Å². The molecule has 3 aromatic rings.